The molecule has 1 aromatic carbocycles. The summed E-state index contributed by atoms with van der Waals surface area (Å²) in [5.74, 6) is 0.415. The van der Waals surface area contributed by atoms with Crippen LogP contribution in [0.25, 0.3) is 0 Å². The van der Waals surface area contributed by atoms with Crippen LogP contribution in [0.5, 0.6) is 0 Å². The molecule has 0 radical (unpaired) electrons. The summed E-state index contributed by atoms with van der Waals surface area (Å²) in [6, 6.07) is 6.22. The molecule has 0 amide bonds. The van der Waals surface area contributed by atoms with Gasteiger partial charge in [-0.2, -0.15) is 5.10 Å². The van der Waals surface area contributed by atoms with E-state index in [2.05, 4.69) is 35.3 Å². The van der Waals surface area contributed by atoms with Crippen LogP contribution in [-0.4, -0.2) is 15.7 Å². The average molecular weight is 271 g/mol. The predicted molar refractivity (Wildman–Crippen MR) is 82.8 cm³/mol. The third-order valence-corrected chi connectivity index (χ3v) is 3.25. The molecule has 2 aromatic rings. The topological polar surface area (TPSA) is 68.2 Å². The van der Waals surface area contributed by atoms with Crippen LogP contribution in [0.1, 0.15) is 22.4 Å². The van der Waals surface area contributed by atoms with Crippen LogP contribution < -0.4 is 11.1 Å². The predicted octanol–water partition coefficient (Wildman–Crippen LogP) is 2.27. The van der Waals surface area contributed by atoms with E-state index in [0.717, 1.165) is 16.9 Å². The average Bonchev–Trinajstić information content (AvgIpc) is 2.66. The van der Waals surface area contributed by atoms with Gasteiger partial charge in [0.05, 0.1) is 12.7 Å². The molecule has 5 nitrogen and oxygen atoms in total. The van der Waals surface area contributed by atoms with E-state index in [1.54, 1.807) is 0 Å². The van der Waals surface area contributed by atoms with Crippen LogP contribution in [-0.2, 0) is 13.6 Å². The molecule has 0 fully saturated rings. The molecule has 0 bridgehead atoms. The van der Waals surface area contributed by atoms with E-state index in [4.69, 9.17) is 5.73 Å². The number of nitrogens with one attached hydrogen (secondary N) is 1. The Balaban J connectivity index is 2.06. The van der Waals surface area contributed by atoms with Crippen molar-refractivity contribution in [2.24, 2.45) is 17.8 Å². The SMILES string of the molecule is Cc1cc(C)cc(NC(N)=NCc2cnn(C)c2C)c1. The summed E-state index contributed by atoms with van der Waals surface area (Å²) in [6.45, 7) is 6.67. The highest BCUT2D eigenvalue weighted by atomic mass is 15.3. The van der Waals surface area contributed by atoms with Gasteiger partial charge in [0, 0.05) is 24.0 Å². The number of aryl methyl sites for hydroxylation is 3. The second kappa shape index (κ2) is 5.77. The van der Waals surface area contributed by atoms with Gasteiger partial charge in [-0.05, 0) is 44.0 Å². The largest absolute Gasteiger partial charge is 0.370 e. The number of nitrogens with two attached hydrogens (primary N) is 1. The van der Waals surface area contributed by atoms with E-state index < -0.39 is 0 Å². The molecule has 0 aliphatic heterocycles. The summed E-state index contributed by atoms with van der Waals surface area (Å²) in [5, 5.41) is 7.31. The lowest BCUT2D eigenvalue weighted by atomic mass is 10.1. The minimum absolute atomic E-state index is 0.415. The first kappa shape index (κ1) is 14.1. The summed E-state index contributed by atoms with van der Waals surface area (Å²) in [6.07, 6.45) is 1.82. The molecule has 0 saturated carbocycles. The van der Waals surface area contributed by atoms with Crippen LogP contribution in [0.2, 0.25) is 0 Å². The Hall–Kier alpha value is -2.30. The Morgan fingerprint density at radius 3 is 2.45 bits per heavy atom. The Labute approximate surface area is 119 Å². The molecule has 0 spiro atoms. The van der Waals surface area contributed by atoms with Crippen molar-refractivity contribution in [2.45, 2.75) is 27.3 Å². The van der Waals surface area contributed by atoms with Crippen molar-refractivity contribution < 1.29 is 0 Å². The van der Waals surface area contributed by atoms with Crippen molar-refractivity contribution in [2.75, 3.05) is 5.32 Å². The molecule has 0 saturated heterocycles. The minimum Gasteiger partial charge on any atom is -0.370 e. The smallest absolute Gasteiger partial charge is 0.193 e. The zero-order valence-corrected chi connectivity index (χ0v) is 12.4. The number of hydrogen-bond donors (Lipinski definition) is 2. The number of anilines is 1. The van der Waals surface area contributed by atoms with Crippen molar-refractivity contribution in [3.63, 3.8) is 0 Å². The zero-order valence-electron chi connectivity index (χ0n) is 12.4. The third-order valence-electron chi connectivity index (χ3n) is 3.25. The van der Waals surface area contributed by atoms with Gasteiger partial charge in [0.2, 0.25) is 0 Å². The molecule has 0 atom stereocenters. The van der Waals surface area contributed by atoms with Crippen LogP contribution >= 0.6 is 0 Å². The van der Waals surface area contributed by atoms with Crippen LogP contribution in [0.4, 0.5) is 5.69 Å². The fraction of sp³-hybridized carbons (Fsp3) is 0.333. The Morgan fingerprint density at radius 1 is 1.25 bits per heavy atom. The molecular weight excluding hydrogens is 250 g/mol. The number of hydrogen-bond acceptors (Lipinski definition) is 2. The van der Waals surface area contributed by atoms with E-state index in [1.807, 2.05) is 37.0 Å². The molecule has 5 heteroatoms. The molecule has 1 aromatic heterocycles. The highest BCUT2D eigenvalue weighted by Crippen LogP contribution is 2.13. The maximum absolute atomic E-state index is 5.92. The monoisotopic (exact) mass is 271 g/mol. The highest BCUT2D eigenvalue weighted by molar-refractivity contribution is 5.92. The zero-order chi connectivity index (χ0) is 14.7. The summed E-state index contributed by atoms with van der Waals surface area (Å²) in [5.41, 5.74) is 11.5. The summed E-state index contributed by atoms with van der Waals surface area (Å²) in [7, 11) is 1.92. The van der Waals surface area contributed by atoms with Gasteiger partial charge in [0.25, 0.3) is 0 Å². The number of aliphatic imine (C=N–C) groups is 1. The van der Waals surface area contributed by atoms with E-state index in [9.17, 15) is 0 Å². The number of benzene rings is 1. The second-order valence-corrected chi connectivity index (χ2v) is 5.08. The number of aromatic nitrogens is 2. The highest BCUT2D eigenvalue weighted by Gasteiger charge is 2.03. The van der Waals surface area contributed by atoms with Gasteiger partial charge in [0.1, 0.15) is 0 Å². The molecule has 3 N–H and O–H groups in total. The molecule has 1 heterocycles. The first-order valence-electron chi connectivity index (χ1n) is 6.58. The molecule has 106 valence electrons. The maximum Gasteiger partial charge on any atom is 0.193 e. The number of rotatable bonds is 3. The van der Waals surface area contributed by atoms with Gasteiger partial charge >= 0.3 is 0 Å². The molecule has 2 rings (SSSR count). The number of guanidine groups is 1. The van der Waals surface area contributed by atoms with Gasteiger partial charge in [-0.1, -0.05) is 6.07 Å². The van der Waals surface area contributed by atoms with Crippen LogP contribution in [0.3, 0.4) is 0 Å². The summed E-state index contributed by atoms with van der Waals surface area (Å²) >= 11 is 0. The lowest BCUT2D eigenvalue weighted by Crippen LogP contribution is -2.22. The normalized spacial score (nSPS) is 11.7. The Bertz CT molecular complexity index is 619. The van der Waals surface area contributed by atoms with Gasteiger partial charge in [-0.3, -0.25) is 4.68 Å². The van der Waals surface area contributed by atoms with Gasteiger partial charge in [-0.25, -0.2) is 4.99 Å². The van der Waals surface area contributed by atoms with Crippen molar-refractivity contribution in [1.82, 2.24) is 9.78 Å². The second-order valence-electron chi connectivity index (χ2n) is 5.08. The Kier molecular flexibility index (Phi) is 4.08. The van der Waals surface area contributed by atoms with Crippen molar-refractivity contribution in [3.8, 4) is 0 Å². The van der Waals surface area contributed by atoms with Crippen LogP contribution in [0, 0.1) is 20.8 Å². The third kappa shape index (κ3) is 3.38. The molecule has 0 aliphatic rings. The van der Waals surface area contributed by atoms with Gasteiger partial charge in [0.15, 0.2) is 5.96 Å². The van der Waals surface area contributed by atoms with E-state index >= 15 is 0 Å². The van der Waals surface area contributed by atoms with Crippen LogP contribution in [0.15, 0.2) is 29.4 Å². The first-order chi connectivity index (χ1) is 9.45. The standard InChI is InChI=1S/C15H21N5/c1-10-5-11(2)7-14(6-10)19-15(16)17-8-13-9-18-20(4)12(13)3/h5-7,9H,8H2,1-4H3,(H3,16,17,19). The Morgan fingerprint density at radius 2 is 1.90 bits per heavy atom. The fourth-order valence-corrected chi connectivity index (χ4v) is 2.10. The van der Waals surface area contributed by atoms with Gasteiger partial charge < -0.3 is 11.1 Å². The van der Waals surface area contributed by atoms with E-state index in [0.29, 0.717) is 12.5 Å². The number of nitrogens with zero attached hydrogens (tertiary/aromatic N) is 3. The molecule has 20 heavy (non-hydrogen) atoms. The molecule has 0 aliphatic carbocycles. The fourth-order valence-electron chi connectivity index (χ4n) is 2.10. The van der Waals surface area contributed by atoms with Gasteiger partial charge in [-0.15, -0.1) is 0 Å². The summed E-state index contributed by atoms with van der Waals surface area (Å²) < 4.78 is 1.83. The summed E-state index contributed by atoms with van der Waals surface area (Å²) in [4.78, 5) is 4.35. The van der Waals surface area contributed by atoms with Crippen molar-refractivity contribution in [1.29, 1.82) is 0 Å². The van der Waals surface area contributed by atoms with Crippen molar-refractivity contribution in [3.05, 3.63) is 46.8 Å². The molecular formula is C15H21N5. The maximum atomic E-state index is 5.92. The quantitative estimate of drug-likeness (QED) is 0.664. The molecule has 0 unspecified atom stereocenters. The minimum atomic E-state index is 0.415. The van der Waals surface area contributed by atoms with Crippen molar-refractivity contribution >= 4 is 11.6 Å². The first-order valence-corrected chi connectivity index (χ1v) is 6.58. The lowest BCUT2D eigenvalue weighted by Gasteiger charge is -2.08. The van der Waals surface area contributed by atoms with E-state index in [1.165, 1.54) is 11.1 Å². The van der Waals surface area contributed by atoms with E-state index in [-0.39, 0.29) is 0 Å². The lowest BCUT2D eigenvalue weighted by molar-refractivity contribution is 0.737.